The molecule has 5 rings (SSSR count). The van der Waals surface area contributed by atoms with Crippen LogP contribution in [0.25, 0.3) is 16.7 Å². The first-order chi connectivity index (χ1) is 15.4. The highest BCUT2D eigenvalue weighted by molar-refractivity contribution is 5.83. The van der Waals surface area contributed by atoms with Gasteiger partial charge in [0.25, 0.3) is 0 Å². The van der Waals surface area contributed by atoms with Crippen molar-refractivity contribution in [3.8, 4) is 0 Å². The summed E-state index contributed by atoms with van der Waals surface area (Å²) >= 11 is 0. The maximum atomic E-state index is 4.75. The molecule has 1 aliphatic carbocycles. The van der Waals surface area contributed by atoms with Crippen LogP contribution in [0.15, 0.2) is 49.7 Å². The third-order valence-corrected chi connectivity index (χ3v) is 7.85. The summed E-state index contributed by atoms with van der Waals surface area (Å²) in [5.74, 6) is 0. The molecule has 2 aliphatic heterocycles. The number of allylic oxidation sites excluding steroid dienone is 1. The van der Waals surface area contributed by atoms with Gasteiger partial charge >= 0.3 is 0 Å². The molecule has 0 unspecified atom stereocenters. The molecule has 1 fully saturated rings. The standard InChI is InChI=1S/C29H35N3/c1-20-17-29(9-11-30-12-10-29)18-25-15-24(5-6-27(20)25)21(2)28-16-26(19-31-22(28)3)23-7-13-32(4)14-8-23/h5-7,15-16,19,30H,1-2,8-14,17-18H2,3-4H3. The fourth-order valence-corrected chi connectivity index (χ4v) is 5.80. The number of benzene rings is 1. The van der Waals surface area contributed by atoms with Gasteiger partial charge in [0, 0.05) is 30.5 Å². The molecule has 0 bridgehead atoms. The molecule has 3 nitrogen and oxygen atoms in total. The van der Waals surface area contributed by atoms with E-state index in [1.807, 2.05) is 6.20 Å². The maximum absolute atomic E-state index is 4.75. The summed E-state index contributed by atoms with van der Waals surface area (Å²) in [5.41, 5.74) is 11.6. The van der Waals surface area contributed by atoms with Crippen LogP contribution in [0.3, 0.4) is 0 Å². The molecule has 0 amide bonds. The predicted molar refractivity (Wildman–Crippen MR) is 136 cm³/mol. The van der Waals surface area contributed by atoms with Gasteiger partial charge in [0.1, 0.15) is 0 Å². The van der Waals surface area contributed by atoms with E-state index < -0.39 is 0 Å². The van der Waals surface area contributed by atoms with Gasteiger partial charge in [-0.2, -0.15) is 0 Å². The molecule has 166 valence electrons. The van der Waals surface area contributed by atoms with E-state index in [9.17, 15) is 0 Å². The Balaban J connectivity index is 1.46. The average molecular weight is 426 g/mol. The van der Waals surface area contributed by atoms with Crippen molar-refractivity contribution in [2.45, 2.75) is 39.0 Å². The number of fused-ring (bicyclic) bond motifs is 1. The predicted octanol–water partition coefficient (Wildman–Crippen LogP) is 5.50. The SMILES string of the molecule is C=C1CC2(CCNCC2)Cc2cc(C(=C)c3cc(C4=CCN(C)CC4)cnc3C)ccc21. The number of piperidine rings is 1. The fraction of sp³-hybridized carbons (Fsp3) is 0.414. The first-order valence-electron chi connectivity index (χ1n) is 12.0. The van der Waals surface area contributed by atoms with Gasteiger partial charge in [0.05, 0.1) is 0 Å². The molecule has 3 aliphatic rings. The Kier molecular flexibility index (Phi) is 5.65. The summed E-state index contributed by atoms with van der Waals surface area (Å²) in [6, 6.07) is 9.19. The van der Waals surface area contributed by atoms with E-state index >= 15 is 0 Å². The number of nitrogens with zero attached hydrogens (tertiary/aromatic N) is 2. The number of aryl methyl sites for hydroxylation is 1. The summed E-state index contributed by atoms with van der Waals surface area (Å²) in [5, 5.41) is 3.53. The van der Waals surface area contributed by atoms with Crippen LogP contribution >= 0.6 is 0 Å². The molecule has 32 heavy (non-hydrogen) atoms. The Morgan fingerprint density at radius 3 is 2.72 bits per heavy atom. The minimum Gasteiger partial charge on any atom is -0.317 e. The number of hydrogen-bond acceptors (Lipinski definition) is 3. The highest BCUT2D eigenvalue weighted by Crippen LogP contribution is 2.47. The molecule has 1 aromatic carbocycles. The largest absolute Gasteiger partial charge is 0.317 e. The van der Waals surface area contributed by atoms with Crippen molar-refractivity contribution in [2.24, 2.45) is 5.41 Å². The Labute approximate surface area is 193 Å². The molecule has 1 spiro atoms. The summed E-state index contributed by atoms with van der Waals surface area (Å²) in [4.78, 5) is 7.10. The van der Waals surface area contributed by atoms with Crippen LogP contribution in [0.5, 0.6) is 0 Å². The van der Waals surface area contributed by atoms with E-state index in [-0.39, 0.29) is 0 Å². The van der Waals surface area contributed by atoms with Gasteiger partial charge < -0.3 is 10.2 Å². The molecule has 3 heteroatoms. The third-order valence-electron chi connectivity index (χ3n) is 7.85. The van der Waals surface area contributed by atoms with Crippen LogP contribution in [-0.4, -0.2) is 43.1 Å². The van der Waals surface area contributed by atoms with Gasteiger partial charge in [-0.15, -0.1) is 0 Å². The zero-order valence-electron chi connectivity index (χ0n) is 19.6. The summed E-state index contributed by atoms with van der Waals surface area (Å²) in [6.45, 7) is 15.4. The molecule has 1 N–H and O–H groups in total. The van der Waals surface area contributed by atoms with Gasteiger partial charge in [-0.05, 0) is 110 Å². The van der Waals surface area contributed by atoms with Crippen molar-refractivity contribution >= 4 is 16.7 Å². The monoisotopic (exact) mass is 425 g/mol. The molecular weight excluding hydrogens is 390 g/mol. The Hall–Kier alpha value is -2.49. The van der Waals surface area contributed by atoms with Crippen molar-refractivity contribution in [1.29, 1.82) is 0 Å². The molecule has 0 saturated carbocycles. The lowest BCUT2D eigenvalue weighted by molar-refractivity contribution is 0.201. The van der Waals surface area contributed by atoms with Gasteiger partial charge in [-0.1, -0.05) is 37.4 Å². The minimum atomic E-state index is 0.382. The topological polar surface area (TPSA) is 28.2 Å². The molecule has 3 heterocycles. The second kappa shape index (κ2) is 8.46. The van der Waals surface area contributed by atoms with Crippen LogP contribution in [0.2, 0.25) is 0 Å². The smallest absolute Gasteiger partial charge is 0.0451 e. The first kappa shape index (κ1) is 21.4. The molecule has 1 saturated heterocycles. The molecule has 0 atom stereocenters. The fourth-order valence-electron chi connectivity index (χ4n) is 5.80. The van der Waals surface area contributed by atoms with Crippen molar-refractivity contribution in [1.82, 2.24) is 15.2 Å². The summed E-state index contributed by atoms with van der Waals surface area (Å²) in [7, 11) is 2.17. The number of likely N-dealkylation sites (N-methyl/N-ethyl adjacent to an activating group) is 1. The maximum Gasteiger partial charge on any atom is 0.0451 e. The lowest BCUT2D eigenvalue weighted by Crippen LogP contribution is -2.40. The molecule has 0 radical (unpaired) electrons. The lowest BCUT2D eigenvalue weighted by Gasteiger charge is -2.42. The van der Waals surface area contributed by atoms with Gasteiger partial charge in [-0.3, -0.25) is 4.98 Å². The van der Waals surface area contributed by atoms with E-state index in [1.54, 1.807) is 0 Å². The van der Waals surface area contributed by atoms with Crippen LogP contribution in [-0.2, 0) is 6.42 Å². The number of pyridine rings is 1. The summed E-state index contributed by atoms with van der Waals surface area (Å²) in [6.07, 6.45) is 10.2. The van der Waals surface area contributed by atoms with E-state index in [1.165, 1.54) is 46.2 Å². The minimum absolute atomic E-state index is 0.382. The van der Waals surface area contributed by atoms with E-state index in [4.69, 9.17) is 4.98 Å². The van der Waals surface area contributed by atoms with Crippen molar-refractivity contribution in [3.63, 3.8) is 0 Å². The number of aromatic nitrogens is 1. The van der Waals surface area contributed by atoms with E-state index in [0.717, 1.165) is 62.3 Å². The van der Waals surface area contributed by atoms with Gasteiger partial charge in [0.2, 0.25) is 0 Å². The molecular formula is C29H35N3. The Morgan fingerprint density at radius 1 is 1.16 bits per heavy atom. The summed E-state index contributed by atoms with van der Waals surface area (Å²) < 4.78 is 0. The normalized spacial score (nSPS) is 20.7. The Morgan fingerprint density at radius 2 is 1.97 bits per heavy atom. The van der Waals surface area contributed by atoms with Crippen LogP contribution in [0.1, 0.15) is 59.2 Å². The van der Waals surface area contributed by atoms with Crippen LogP contribution in [0.4, 0.5) is 0 Å². The highest BCUT2D eigenvalue weighted by atomic mass is 15.1. The van der Waals surface area contributed by atoms with Crippen LogP contribution < -0.4 is 5.32 Å². The third kappa shape index (κ3) is 4.00. The van der Waals surface area contributed by atoms with E-state index in [2.05, 4.69) is 67.7 Å². The second-order valence-corrected chi connectivity index (χ2v) is 10.2. The van der Waals surface area contributed by atoms with Crippen molar-refractivity contribution in [2.75, 3.05) is 33.2 Å². The zero-order valence-corrected chi connectivity index (χ0v) is 19.6. The quantitative estimate of drug-likeness (QED) is 0.704. The highest BCUT2D eigenvalue weighted by Gasteiger charge is 2.37. The number of nitrogens with one attached hydrogen (secondary N) is 1. The van der Waals surface area contributed by atoms with Crippen molar-refractivity contribution in [3.05, 3.63) is 83.2 Å². The zero-order chi connectivity index (χ0) is 22.3. The molecule has 1 aromatic heterocycles. The van der Waals surface area contributed by atoms with Gasteiger partial charge in [0.15, 0.2) is 0 Å². The van der Waals surface area contributed by atoms with Gasteiger partial charge in [-0.25, -0.2) is 0 Å². The first-order valence-corrected chi connectivity index (χ1v) is 12.0. The lowest BCUT2D eigenvalue weighted by atomic mass is 9.65. The number of hydrogen-bond donors (Lipinski definition) is 1. The number of rotatable bonds is 3. The Bertz CT molecular complexity index is 1100. The average Bonchev–Trinajstić information content (AvgIpc) is 2.79. The van der Waals surface area contributed by atoms with Crippen LogP contribution in [0, 0.1) is 12.3 Å². The van der Waals surface area contributed by atoms with E-state index in [0.29, 0.717) is 5.41 Å². The second-order valence-electron chi connectivity index (χ2n) is 10.2. The molecule has 2 aromatic rings. The van der Waals surface area contributed by atoms with Crippen molar-refractivity contribution < 1.29 is 0 Å².